The first-order chi connectivity index (χ1) is 14.2. The van der Waals surface area contributed by atoms with Crippen LogP contribution in [-0.4, -0.2) is 54.2 Å². The van der Waals surface area contributed by atoms with Crippen molar-refractivity contribution in [3.8, 4) is 0 Å². The van der Waals surface area contributed by atoms with Crippen LogP contribution in [0.4, 0.5) is 5.82 Å². The van der Waals surface area contributed by atoms with Gasteiger partial charge in [0.2, 0.25) is 5.91 Å². The number of tetrazole rings is 1. The Morgan fingerprint density at radius 3 is 2.97 bits per heavy atom. The normalized spacial score (nSPS) is 15.3. The Kier molecular flexibility index (Phi) is 4.47. The van der Waals surface area contributed by atoms with Crippen molar-refractivity contribution in [3.63, 3.8) is 0 Å². The second kappa shape index (κ2) is 7.28. The summed E-state index contributed by atoms with van der Waals surface area (Å²) in [5.74, 6) is 1.55. The smallest absolute Gasteiger partial charge is 0.223 e. The number of aromatic nitrogens is 7. The molecule has 4 heterocycles. The van der Waals surface area contributed by atoms with Gasteiger partial charge in [0, 0.05) is 24.0 Å². The molecule has 1 amide bonds. The van der Waals surface area contributed by atoms with E-state index in [1.165, 1.54) is 4.63 Å². The van der Waals surface area contributed by atoms with Gasteiger partial charge in [0.25, 0.3) is 0 Å². The molecule has 1 fully saturated rings. The molecule has 0 unspecified atom stereocenters. The van der Waals surface area contributed by atoms with E-state index in [0.29, 0.717) is 23.0 Å². The van der Waals surface area contributed by atoms with E-state index in [4.69, 9.17) is 11.6 Å². The molecule has 29 heavy (non-hydrogen) atoms. The zero-order chi connectivity index (χ0) is 19.8. The summed E-state index contributed by atoms with van der Waals surface area (Å²) in [6.45, 7) is 1.87. The van der Waals surface area contributed by atoms with Crippen LogP contribution in [0.5, 0.6) is 0 Å². The van der Waals surface area contributed by atoms with E-state index in [9.17, 15) is 4.79 Å². The topological polar surface area (TPSA) is 117 Å². The van der Waals surface area contributed by atoms with Crippen LogP contribution in [0.1, 0.15) is 18.7 Å². The predicted octanol–water partition coefficient (Wildman–Crippen LogP) is 1.58. The standard InChI is InChI=1S/C18H18ClN9O/c19-12-1-2-13-14(9-12)22-15(21-13)10-20-18(29)11-5-7-27(8-6-11)17-4-3-16-23-25-26-28(16)24-17/h1-4,9,11H,5-8,10H2,(H,20,29)(H,21,22). The van der Waals surface area contributed by atoms with Crippen molar-refractivity contribution in [3.05, 3.63) is 41.2 Å². The van der Waals surface area contributed by atoms with E-state index >= 15 is 0 Å². The quantitative estimate of drug-likeness (QED) is 0.523. The molecule has 0 bridgehead atoms. The number of piperidine rings is 1. The number of amides is 1. The number of fused-ring (bicyclic) bond motifs is 2. The largest absolute Gasteiger partial charge is 0.355 e. The third-order valence-corrected chi connectivity index (χ3v) is 5.40. The maximum atomic E-state index is 12.6. The van der Waals surface area contributed by atoms with Crippen molar-refractivity contribution in [1.29, 1.82) is 0 Å². The summed E-state index contributed by atoms with van der Waals surface area (Å²) in [6.07, 6.45) is 1.52. The molecule has 10 nitrogen and oxygen atoms in total. The number of aromatic amines is 1. The number of hydrogen-bond donors (Lipinski definition) is 2. The third-order valence-electron chi connectivity index (χ3n) is 5.17. The highest BCUT2D eigenvalue weighted by Gasteiger charge is 2.26. The van der Waals surface area contributed by atoms with E-state index in [2.05, 4.69) is 40.8 Å². The number of H-pyrrole nitrogens is 1. The molecule has 0 radical (unpaired) electrons. The summed E-state index contributed by atoms with van der Waals surface area (Å²) in [5.41, 5.74) is 2.30. The molecule has 4 aromatic rings. The van der Waals surface area contributed by atoms with Crippen molar-refractivity contribution in [2.24, 2.45) is 5.92 Å². The van der Waals surface area contributed by atoms with Gasteiger partial charge in [-0.3, -0.25) is 4.79 Å². The number of rotatable bonds is 4. The molecule has 1 saturated heterocycles. The summed E-state index contributed by atoms with van der Waals surface area (Å²) >= 11 is 6.00. The number of anilines is 1. The lowest BCUT2D eigenvalue weighted by Gasteiger charge is -2.31. The van der Waals surface area contributed by atoms with Gasteiger partial charge in [0.05, 0.1) is 17.6 Å². The Hall–Kier alpha value is -3.27. The van der Waals surface area contributed by atoms with Gasteiger partial charge in [0.15, 0.2) is 11.5 Å². The summed E-state index contributed by atoms with van der Waals surface area (Å²) in [5, 5.41) is 19.3. The Labute approximate surface area is 170 Å². The highest BCUT2D eigenvalue weighted by molar-refractivity contribution is 6.31. The molecule has 5 rings (SSSR count). The van der Waals surface area contributed by atoms with Gasteiger partial charge >= 0.3 is 0 Å². The number of nitrogens with one attached hydrogen (secondary N) is 2. The molecule has 148 valence electrons. The van der Waals surface area contributed by atoms with Crippen LogP contribution < -0.4 is 10.2 Å². The number of nitrogens with zero attached hydrogens (tertiary/aromatic N) is 7. The van der Waals surface area contributed by atoms with Gasteiger partial charge in [-0.05, 0) is 53.6 Å². The number of hydrogen-bond acceptors (Lipinski definition) is 7. The summed E-state index contributed by atoms with van der Waals surface area (Å²) in [6, 6.07) is 9.22. The molecule has 0 atom stereocenters. The van der Waals surface area contributed by atoms with Gasteiger partial charge in [0.1, 0.15) is 5.82 Å². The van der Waals surface area contributed by atoms with E-state index < -0.39 is 0 Å². The number of benzene rings is 1. The van der Waals surface area contributed by atoms with Gasteiger partial charge in [-0.2, -0.15) is 0 Å². The fourth-order valence-corrected chi connectivity index (χ4v) is 3.79. The Balaban J connectivity index is 1.17. The highest BCUT2D eigenvalue weighted by atomic mass is 35.5. The molecule has 1 aliphatic heterocycles. The van der Waals surface area contributed by atoms with Crippen molar-refractivity contribution >= 4 is 40.0 Å². The molecule has 0 saturated carbocycles. The number of halogens is 1. The molecule has 1 aromatic carbocycles. The molecule has 1 aliphatic rings. The highest BCUT2D eigenvalue weighted by Crippen LogP contribution is 2.22. The lowest BCUT2D eigenvalue weighted by molar-refractivity contribution is -0.125. The molecule has 11 heteroatoms. The maximum absolute atomic E-state index is 12.6. The van der Waals surface area contributed by atoms with Gasteiger partial charge < -0.3 is 15.2 Å². The summed E-state index contributed by atoms with van der Waals surface area (Å²) in [4.78, 5) is 22.4. The average Bonchev–Trinajstić information content (AvgIpc) is 3.37. The zero-order valence-corrected chi connectivity index (χ0v) is 16.2. The van der Waals surface area contributed by atoms with Crippen molar-refractivity contribution < 1.29 is 4.79 Å². The van der Waals surface area contributed by atoms with E-state index in [1.807, 2.05) is 24.3 Å². The fourth-order valence-electron chi connectivity index (χ4n) is 3.61. The lowest BCUT2D eigenvalue weighted by atomic mass is 9.96. The lowest BCUT2D eigenvalue weighted by Crippen LogP contribution is -2.40. The molecule has 0 spiro atoms. The summed E-state index contributed by atoms with van der Waals surface area (Å²) in [7, 11) is 0. The van der Waals surface area contributed by atoms with Crippen LogP contribution in [0.15, 0.2) is 30.3 Å². The maximum Gasteiger partial charge on any atom is 0.223 e. The zero-order valence-electron chi connectivity index (χ0n) is 15.4. The predicted molar refractivity (Wildman–Crippen MR) is 106 cm³/mol. The minimum atomic E-state index is -0.0261. The first-order valence-corrected chi connectivity index (χ1v) is 9.76. The second-order valence-electron chi connectivity index (χ2n) is 7.04. The number of imidazole rings is 1. The summed E-state index contributed by atoms with van der Waals surface area (Å²) < 4.78 is 1.41. The Bertz CT molecular complexity index is 1180. The van der Waals surface area contributed by atoms with Crippen LogP contribution in [0.3, 0.4) is 0 Å². The molecular weight excluding hydrogens is 394 g/mol. The minimum Gasteiger partial charge on any atom is -0.355 e. The first kappa shape index (κ1) is 17.8. The molecule has 0 aliphatic carbocycles. The Morgan fingerprint density at radius 2 is 2.10 bits per heavy atom. The van der Waals surface area contributed by atoms with Crippen molar-refractivity contribution in [2.45, 2.75) is 19.4 Å². The van der Waals surface area contributed by atoms with Gasteiger partial charge in [-0.25, -0.2) is 4.98 Å². The average molecular weight is 412 g/mol. The van der Waals surface area contributed by atoms with Crippen molar-refractivity contribution in [1.82, 2.24) is 40.5 Å². The van der Waals surface area contributed by atoms with Crippen LogP contribution in [0.2, 0.25) is 5.02 Å². The van der Waals surface area contributed by atoms with Crippen LogP contribution in [0.25, 0.3) is 16.7 Å². The van der Waals surface area contributed by atoms with E-state index in [-0.39, 0.29) is 11.8 Å². The van der Waals surface area contributed by atoms with E-state index in [0.717, 1.165) is 42.8 Å². The van der Waals surface area contributed by atoms with Crippen LogP contribution in [-0.2, 0) is 11.3 Å². The monoisotopic (exact) mass is 411 g/mol. The fraction of sp³-hybridized carbons (Fsp3) is 0.333. The second-order valence-corrected chi connectivity index (χ2v) is 7.48. The minimum absolute atomic E-state index is 0.0261. The number of carbonyl (C=O) groups is 1. The van der Waals surface area contributed by atoms with Crippen LogP contribution in [0, 0.1) is 5.92 Å². The SMILES string of the molecule is O=C(NCc1nc2ccc(Cl)cc2[nH]1)C1CCN(c2ccc3nnnn3n2)CC1. The molecular formula is C18H18ClN9O. The first-order valence-electron chi connectivity index (χ1n) is 9.38. The van der Waals surface area contributed by atoms with Crippen LogP contribution >= 0.6 is 11.6 Å². The third kappa shape index (κ3) is 3.58. The number of carbonyl (C=O) groups excluding carboxylic acids is 1. The Morgan fingerprint density at radius 1 is 1.24 bits per heavy atom. The van der Waals surface area contributed by atoms with Crippen molar-refractivity contribution in [2.75, 3.05) is 18.0 Å². The molecule has 3 aromatic heterocycles. The van der Waals surface area contributed by atoms with Gasteiger partial charge in [-0.1, -0.05) is 11.6 Å². The van der Waals surface area contributed by atoms with Gasteiger partial charge in [-0.15, -0.1) is 14.8 Å². The molecule has 2 N–H and O–H groups in total. The van der Waals surface area contributed by atoms with E-state index in [1.54, 1.807) is 6.07 Å².